The molecule has 0 spiro atoms. The maximum absolute atomic E-state index is 14.5. The van der Waals surface area contributed by atoms with E-state index in [0.717, 1.165) is 6.42 Å². The predicted molar refractivity (Wildman–Crippen MR) is 122 cm³/mol. The molecule has 33 heavy (non-hydrogen) atoms. The second-order valence-electron chi connectivity index (χ2n) is 9.05. The molecule has 0 bridgehead atoms. The molecular formula is C24H34FN3O5. The Kier molecular flexibility index (Phi) is 8.99. The van der Waals surface area contributed by atoms with Crippen LogP contribution in [-0.4, -0.2) is 50.1 Å². The van der Waals surface area contributed by atoms with Gasteiger partial charge in [0.25, 0.3) is 5.91 Å². The van der Waals surface area contributed by atoms with Crippen LogP contribution in [0.3, 0.4) is 0 Å². The third-order valence-electron chi connectivity index (χ3n) is 5.89. The van der Waals surface area contributed by atoms with E-state index >= 15 is 0 Å². The van der Waals surface area contributed by atoms with Crippen LogP contribution in [0.25, 0.3) is 5.69 Å². The van der Waals surface area contributed by atoms with E-state index in [1.54, 1.807) is 13.0 Å². The highest BCUT2D eigenvalue weighted by atomic mass is 19.1. The van der Waals surface area contributed by atoms with Crippen molar-refractivity contribution in [2.45, 2.75) is 65.5 Å². The van der Waals surface area contributed by atoms with E-state index in [1.165, 1.54) is 28.9 Å². The van der Waals surface area contributed by atoms with Crippen molar-refractivity contribution in [3.05, 3.63) is 41.8 Å². The largest absolute Gasteiger partial charge is 0.481 e. The van der Waals surface area contributed by atoms with Gasteiger partial charge in [-0.15, -0.1) is 0 Å². The van der Waals surface area contributed by atoms with Crippen LogP contribution < -0.4 is 10.1 Å². The standard InChI is InChI=1S/C24H34FN3O5/c1-6-16(4)11-17(12-22(29)30)26-23(31)19-13-21(33-14-24(5,32)15(2)3)28(27-19)20-10-8-7-9-18(20)25/h7-10,13,15-17,32H,6,11-12,14H2,1-5H3,(H,26,31)(H,29,30)/t16?,17-,24-/m0/s1. The summed E-state index contributed by atoms with van der Waals surface area (Å²) in [5, 5.41) is 26.7. The Morgan fingerprint density at radius 3 is 2.52 bits per heavy atom. The Morgan fingerprint density at radius 1 is 1.27 bits per heavy atom. The maximum atomic E-state index is 14.5. The molecule has 1 amide bonds. The van der Waals surface area contributed by atoms with Gasteiger partial charge in [-0.25, -0.2) is 4.39 Å². The number of carboxylic acid groups (broad SMARTS) is 1. The summed E-state index contributed by atoms with van der Waals surface area (Å²) in [7, 11) is 0. The highest BCUT2D eigenvalue weighted by molar-refractivity contribution is 5.93. The molecule has 0 fully saturated rings. The molecule has 1 unspecified atom stereocenters. The van der Waals surface area contributed by atoms with Gasteiger partial charge in [-0.05, 0) is 37.3 Å². The molecule has 2 aromatic rings. The van der Waals surface area contributed by atoms with Crippen molar-refractivity contribution in [2.24, 2.45) is 11.8 Å². The van der Waals surface area contributed by atoms with Crippen LogP contribution in [0.15, 0.2) is 30.3 Å². The fourth-order valence-electron chi connectivity index (χ4n) is 3.08. The van der Waals surface area contributed by atoms with E-state index in [-0.39, 0.29) is 42.1 Å². The molecule has 3 atom stereocenters. The van der Waals surface area contributed by atoms with Gasteiger partial charge in [-0.2, -0.15) is 9.78 Å². The number of para-hydroxylation sites is 1. The number of amides is 1. The number of benzene rings is 1. The number of hydrogen-bond donors (Lipinski definition) is 3. The normalized spacial score (nSPS) is 15.0. The molecule has 1 aromatic carbocycles. The molecule has 1 heterocycles. The first-order valence-corrected chi connectivity index (χ1v) is 11.2. The molecule has 0 aliphatic heterocycles. The third-order valence-corrected chi connectivity index (χ3v) is 5.89. The van der Waals surface area contributed by atoms with Gasteiger partial charge in [-0.3, -0.25) is 9.59 Å². The quantitative estimate of drug-likeness (QED) is 0.441. The molecule has 0 aliphatic carbocycles. The molecule has 182 valence electrons. The van der Waals surface area contributed by atoms with E-state index < -0.39 is 29.3 Å². The molecule has 8 nitrogen and oxygen atoms in total. The Balaban J connectivity index is 2.35. The lowest BCUT2D eigenvalue weighted by molar-refractivity contribution is -0.137. The van der Waals surface area contributed by atoms with Crippen LogP contribution in [0.2, 0.25) is 0 Å². The van der Waals surface area contributed by atoms with Crippen molar-refractivity contribution in [3.63, 3.8) is 0 Å². The summed E-state index contributed by atoms with van der Waals surface area (Å²) in [4.78, 5) is 24.2. The fraction of sp³-hybridized carbons (Fsp3) is 0.542. The first kappa shape index (κ1) is 26.3. The number of aliphatic carboxylic acids is 1. The summed E-state index contributed by atoms with van der Waals surface area (Å²) in [6.45, 7) is 9.20. The first-order valence-electron chi connectivity index (χ1n) is 11.2. The van der Waals surface area contributed by atoms with Crippen LogP contribution in [-0.2, 0) is 4.79 Å². The van der Waals surface area contributed by atoms with Crippen LogP contribution >= 0.6 is 0 Å². The number of nitrogens with zero attached hydrogens (tertiary/aromatic N) is 2. The zero-order valence-electron chi connectivity index (χ0n) is 19.8. The van der Waals surface area contributed by atoms with Gasteiger partial charge >= 0.3 is 5.97 Å². The topological polar surface area (TPSA) is 114 Å². The first-order chi connectivity index (χ1) is 15.4. The van der Waals surface area contributed by atoms with Crippen molar-refractivity contribution < 1.29 is 28.9 Å². The monoisotopic (exact) mass is 463 g/mol. The van der Waals surface area contributed by atoms with Crippen LogP contribution in [0, 0.1) is 17.7 Å². The number of nitrogens with one attached hydrogen (secondary N) is 1. The second-order valence-corrected chi connectivity index (χ2v) is 9.05. The minimum Gasteiger partial charge on any atom is -0.481 e. The molecule has 2 rings (SSSR count). The van der Waals surface area contributed by atoms with E-state index in [2.05, 4.69) is 10.4 Å². The highest BCUT2D eigenvalue weighted by Crippen LogP contribution is 2.25. The number of halogens is 1. The molecule has 0 saturated heterocycles. The van der Waals surface area contributed by atoms with Crippen LogP contribution in [0.1, 0.15) is 64.4 Å². The average molecular weight is 464 g/mol. The summed E-state index contributed by atoms with van der Waals surface area (Å²) in [6.07, 6.45) is 1.13. The molecule has 0 saturated carbocycles. The summed E-state index contributed by atoms with van der Waals surface area (Å²) >= 11 is 0. The number of hydrogen-bond acceptors (Lipinski definition) is 5. The van der Waals surface area contributed by atoms with Gasteiger partial charge in [0.1, 0.15) is 18.1 Å². The van der Waals surface area contributed by atoms with Crippen LogP contribution in [0.5, 0.6) is 5.88 Å². The number of aromatic nitrogens is 2. The molecule has 0 radical (unpaired) electrons. The Bertz CT molecular complexity index is 957. The van der Waals surface area contributed by atoms with Crippen molar-refractivity contribution >= 4 is 11.9 Å². The SMILES string of the molecule is CCC(C)C[C@@H](CC(=O)O)NC(=O)c1cc(OC[C@](C)(O)C(C)C)n(-c2ccccc2F)n1. The summed E-state index contributed by atoms with van der Waals surface area (Å²) in [5.41, 5.74) is -1.12. The molecule has 3 N–H and O–H groups in total. The lowest BCUT2D eigenvalue weighted by atomic mass is 9.94. The van der Waals surface area contributed by atoms with Crippen molar-refractivity contribution in [1.82, 2.24) is 15.1 Å². The molecule has 1 aromatic heterocycles. The lowest BCUT2D eigenvalue weighted by Gasteiger charge is -2.27. The minimum atomic E-state index is -1.16. The van der Waals surface area contributed by atoms with Gasteiger partial charge in [-0.1, -0.05) is 46.2 Å². The highest BCUT2D eigenvalue weighted by Gasteiger charge is 2.28. The Hall–Kier alpha value is -2.94. The van der Waals surface area contributed by atoms with E-state index in [9.17, 15) is 24.2 Å². The summed E-state index contributed by atoms with van der Waals surface area (Å²) < 4.78 is 21.4. The molecule has 0 aliphatic rings. The number of carbonyl (C=O) groups excluding carboxylic acids is 1. The number of carboxylic acids is 1. The number of ether oxygens (including phenoxy) is 1. The number of carbonyl (C=O) groups is 2. The van der Waals surface area contributed by atoms with Gasteiger partial charge in [0.05, 0.1) is 12.0 Å². The summed E-state index contributed by atoms with van der Waals surface area (Å²) in [6, 6.07) is 6.70. The van der Waals surface area contributed by atoms with E-state index in [0.29, 0.717) is 6.42 Å². The Morgan fingerprint density at radius 2 is 1.94 bits per heavy atom. The smallest absolute Gasteiger partial charge is 0.305 e. The zero-order chi connectivity index (χ0) is 24.8. The lowest BCUT2D eigenvalue weighted by Crippen LogP contribution is -2.38. The zero-order valence-corrected chi connectivity index (χ0v) is 19.8. The molecular weight excluding hydrogens is 429 g/mol. The van der Waals surface area contributed by atoms with Gasteiger partial charge in [0.2, 0.25) is 5.88 Å². The van der Waals surface area contributed by atoms with Gasteiger partial charge < -0.3 is 20.3 Å². The molecule has 9 heteroatoms. The summed E-state index contributed by atoms with van der Waals surface area (Å²) in [5.74, 6) is -1.96. The maximum Gasteiger partial charge on any atom is 0.305 e. The van der Waals surface area contributed by atoms with Crippen LogP contribution in [0.4, 0.5) is 4.39 Å². The average Bonchev–Trinajstić information content (AvgIpc) is 3.16. The Labute approximate surface area is 193 Å². The van der Waals surface area contributed by atoms with Crippen molar-refractivity contribution in [1.29, 1.82) is 0 Å². The third kappa shape index (κ3) is 7.28. The number of rotatable bonds is 12. The number of aliphatic hydroxyl groups is 1. The van der Waals surface area contributed by atoms with Crippen molar-refractivity contribution in [2.75, 3.05) is 6.61 Å². The van der Waals surface area contributed by atoms with Gasteiger partial charge in [0.15, 0.2) is 5.69 Å². The fourth-order valence-corrected chi connectivity index (χ4v) is 3.08. The van der Waals surface area contributed by atoms with E-state index in [4.69, 9.17) is 4.74 Å². The van der Waals surface area contributed by atoms with Gasteiger partial charge in [0, 0.05) is 12.1 Å². The predicted octanol–water partition coefficient (Wildman–Crippen LogP) is 3.81. The van der Waals surface area contributed by atoms with Crippen molar-refractivity contribution in [3.8, 4) is 11.6 Å². The van der Waals surface area contributed by atoms with E-state index in [1.807, 2.05) is 27.7 Å². The minimum absolute atomic E-state index is 0.0445. The second kappa shape index (κ2) is 11.3.